The number of hydrogen-bond acceptors (Lipinski definition) is 4. The van der Waals surface area contributed by atoms with Crippen LogP contribution in [0.4, 0.5) is 15.8 Å². The van der Waals surface area contributed by atoms with Gasteiger partial charge in [-0.3, -0.25) is 9.59 Å². The van der Waals surface area contributed by atoms with Gasteiger partial charge in [0.25, 0.3) is 5.91 Å². The molecule has 0 saturated heterocycles. The summed E-state index contributed by atoms with van der Waals surface area (Å²) >= 11 is 0. The number of hydrogen-bond donors (Lipinski definition) is 2. The summed E-state index contributed by atoms with van der Waals surface area (Å²) in [6.45, 7) is 2.88. The molecule has 26 heavy (non-hydrogen) atoms. The van der Waals surface area contributed by atoms with Crippen LogP contribution in [0.2, 0.25) is 0 Å². The lowest BCUT2D eigenvalue weighted by Crippen LogP contribution is -2.48. The number of nitrogens with one attached hydrogen (secondary N) is 2. The first kappa shape index (κ1) is 17.6. The number of cyclic esters (lactones) is 1. The molecule has 3 rings (SSSR count). The van der Waals surface area contributed by atoms with Gasteiger partial charge >= 0.3 is 5.97 Å². The van der Waals surface area contributed by atoms with Gasteiger partial charge in [0.2, 0.25) is 5.91 Å². The highest BCUT2D eigenvalue weighted by molar-refractivity contribution is 6.02. The van der Waals surface area contributed by atoms with Crippen molar-refractivity contribution in [3.05, 3.63) is 59.4 Å². The predicted molar refractivity (Wildman–Crippen MR) is 93.3 cm³/mol. The Morgan fingerprint density at radius 1 is 1.08 bits per heavy atom. The molecule has 0 fully saturated rings. The first-order valence-electron chi connectivity index (χ1n) is 7.98. The van der Waals surface area contributed by atoms with Gasteiger partial charge < -0.3 is 15.4 Å². The zero-order valence-corrected chi connectivity index (χ0v) is 14.3. The van der Waals surface area contributed by atoms with E-state index in [1.54, 1.807) is 24.3 Å². The molecule has 1 aliphatic rings. The maximum absolute atomic E-state index is 13.5. The number of halogens is 1. The average molecular weight is 356 g/mol. The van der Waals surface area contributed by atoms with E-state index in [4.69, 9.17) is 4.74 Å². The Hall–Kier alpha value is -3.22. The number of amides is 2. The summed E-state index contributed by atoms with van der Waals surface area (Å²) in [7, 11) is 0. The van der Waals surface area contributed by atoms with Crippen molar-refractivity contribution in [1.29, 1.82) is 0 Å². The number of carbonyl (C=O) groups is 3. The van der Waals surface area contributed by atoms with Gasteiger partial charge in [0.05, 0.1) is 5.56 Å². The molecule has 134 valence electrons. The summed E-state index contributed by atoms with van der Waals surface area (Å²) in [6, 6.07) is 10.3. The van der Waals surface area contributed by atoms with E-state index in [0.29, 0.717) is 16.9 Å². The van der Waals surface area contributed by atoms with Gasteiger partial charge in [-0.15, -0.1) is 0 Å². The number of carbonyl (C=O) groups excluding carboxylic acids is 3. The number of rotatable bonds is 3. The molecule has 0 radical (unpaired) electrons. The summed E-state index contributed by atoms with van der Waals surface area (Å²) < 4.78 is 18.8. The van der Waals surface area contributed by atoms with Crippen LogP contribution >= 0.6 is 0 Å². The van der Waals surface area contributed by atoms with Gasteiger partial charge in [-0.2, -0.15) is 0 Å². The Kier molecular flexibility index (Phi) is 4.46. The Morgan fingerprint density at radius 2 is 1.69 bits per heavy atom. The molecule has 7 heteroatoms. The van der Waals surface area contributed by atoms with Crippen LogP contribution in [0.5, 0.6) is 0 Å². The molecule has 0 bridgehead atoms. The van der Waals surface area contributed by atoms with Gasteiger partial charge in [-0.1, -0.05) is 0 Å². The highest BCUT2D eigenvalue weighted by Crippen LogP contribution is 2.30. The van der Waals surface area contributed by atoms with E-state index >= 15 is 0 Å². The first-order chi connectivity index (χ1) is 12.3. The average Bonchev–Trinajstić information content (AvgIpc) is 2.55. The van der Waals surface area contributed by atoms with E-state index in [2.05, 4.69) is 10.6 Å². The Bertz CT molecular complexity index is 895. The van der Waals surface area contributed by atoms with Crippen molar-refractivity contribution in [3.63, 3.8) is 0 Å². The Labute approximate surface area is 149 Å². The summed E-state index contributed by atoms with van der Waals surface area (Å²) in [6.07, 6.45) is 0.0711. The summed E-state index contributed by atoms with van der Waals surface area (Å²) in [5.41, 5.74) is 0.312. The van der Waals surface area contributed by atoms with Crippen LogP contribution in [-0.4, -0.2) is 23.4 Å². The van der Waals surface area contributed by atoms with Crippen molar-refractivity contribution >= 4 is 29.2 Å². The smallest absolute Gasteiger partial charge is 0.339 e. The molecule has 2 aromatic carbocycles. The Balaban J connectivity index is 1.77. The lowest BCUT2D eigenvalue weighted by Gasteiger charge is -2.33. The maximum Gasteiger partial charge on any atom is 0.339 e. The number of anilines is 2. The minimum atomic E-state index is -1.45. The second-order valence-electron chi connectivity index (χ2n) is 6.31. The van der Waals surface area contributed by atoms with Gasteiger partial charge in [-0.25, -0.2) is 9.18 Å². The molecule has 6 nitrogen and oxygen atoms in total. The number of ether oxygens (including phenoxy) is 1. The quantitative estimate of drug-likeness (QED) is 0.828. The molecule has 0 aliphatic carbocycles. The lowest BCUT2D eigenvalue weighted by atomic mass is 9.89. The number of esters is 1. The monoisotopic (exact) mass is 356 g/mol. The Morgan fingerprint density at radius 3 is 2.31 bits per heavy atom. The molecular formula is C19H17FN2O4. The topological polar surface area (TPSA) is 84.5 Å². The molecule has 0 aromatic heterocycles. The fraction of sp³-hybridized carbons (Fsp3) is 0.211. The minimum Gasteiger partial charge on any atom is -0.445 e. The van der Waals surface area contributed by atoms with Crippen LogP contribution in [0, 0.1) is 5.82 Å². The van der Waals surface area contributed by atoms with Crippen molar-refractivity contribution < 1.29 is 23.5 Å². The summed E-state index contributed by atoms with van der Waals surface area (Å²) in [5.74, 6) is -1.86. The van der Waals surface area contributed by atoms with Crippen molar-refractivity contribution in [2.75, 3.05) is 10.6 Å². The second kappa shape index (κ2) is 6.59. The van der Waals surface area contributed by atoms with Crippen molar-refractivity contribution in [1.82, 2.24) is 0 Å². The maximum atomic E-state index is 13.5. The molecule has 0 spiro atoms. The zero-order chi connectivity index (χ0) is 18.9. The molecule has 0 saturated carbocycles. The van der Waals surface area contributed by atoms with Crippen LogP contribution in [0.15, 0.2) is 42.5 Å². The van der Waals surface area contributed by atoms with E-state index in [0.717, 1.165) is 0 Å². The second-order valence-corrected chi connectivity index (χ2v) is 6.31. The van der Waals surface area contributed by atoms with Gasteiger partial charge in [0.1, 0.15) is 5.82 Å². The highest BCUT2D eigenvalue weighted by Gasteiger charge is 2.42. The molecule has 1 atom stereocenters. The van der Waals surface area contributed by atoms with Crippen LogP contribution in [-0.2, 0) is 20.7 Å². The lowest BCUT2D eigenvalue weighted by molar-refractivity contribution is -0.134. The van der Waals surface area contributed by atoms with Crippen LogP contribution in [0.1, 0.15) is 29.8 Å². The van der Waals surface area contributed by atoms with Gasteiger partial charge in [0.15, 0.2) is 5.60 Å². The van der Waals surface area contributed by atoms with Crippen molar-refractivity contribution in [3.8, 4) is 0 Å². The number of fused-ring (bicyclic) bond motifs is 1. The van der Waals surface area contributed by atoms with Crippen LogP contribution in [0.3, 0.4) is 0 Å². The van der Waals surface area contributed by atoms with Crippen molar-refractivity contribution in [2.24, 2.45) is 0 Å². The molecule has 1 aliphatic heterocycles. The van der Waals surface area contributed by atoms with Gasteiger partial charge in [-0.05, 0) is 55.0 Å². The third-order valence-electron chi connectivity index (χ3n) is 4.08. The standard InChI is InChI=1S/C19H17FN2O4/c1-11(23)21-14-4-6-15(7-5-14)22-18(25)19(2)10-12-9-13(20)3-8-16(12)17(24)26-19/h3-9H,10H2,1-2H3,(H,21,23)(H,22,25). The highest BCUT2D eigenvalue weighted by atomic mass is 19.1. The molecular weight excluding hydrogens is 339 g/mol. The predicted octanol–water partition coefficient (Wildman–Crippen LogP) is 2.89. The van der Waals surface area contributed by atoms with Gasteiger partial charge in [0, 0.05) is 24.7 Å². The van der Waals surface area contributed by atoms with Crippen LogP contribution in [0.25, 0.3) is 0 Å². The van der Waals surface area contributed by atoms with Crippen molar-refractivity contribution in [2.45, 2.75) is 25.9 Å². The third-order valence-corrected chi connectivity index (χ3v) is 4.08. The third kappa shape index (κ3) is 3.56. The summed E-state index contributed by atoms with van der Waals surface area (Å²) in [4.78, 5) is 35.8. The summed E-state index contributed by atoms with van der Waals surface area (Å²) in [5, 5.41) is 5.30. The zero-order valence-electron chi connectivity index (χ0n) is 14.3. The molecule has 2 N–H and O–H groups in total. The SMILES string of the molecule is CC(=O)Nc1ccc(NC(=O)C2(C)Cc3cc(F)ccc3C(=O)O2)cc1. The van der Waals surface area contributed by atoms with E-state index in [-0.39, 0.29) is 17.9 Å². The molecule has 2 amide bonds. The normalized spacial score (nSPS) is 18.5. The fourth-order valence-corrected chi connectivity index (χ4v) is 2.80. The van der Waals surface area contributed by atoms with E-state index < -0.39 is 23.3 Å². The molecule has 2 aromatic rings. The fourth-order valence-electron chi connectivity index (χ4n) is 2.80. The first-order valence-corrected chi connectivity index (χ1v) is 7.98. The molecule has 1 heterocycles. The van der Waals surface area contributed by atoms with Crippen LogP contribution < -0.4 is 10.6 Å². The minimum absolute atomic E-state index is 0.0711. The largest absolute Gasteiger partial charge is 0.445 e. The number of benzene rings is 2. The van der Waals surface area contributed by atoms with E-state index in [1.807, 2.05) is 0 Å². The molecule has 1 unspecified atom stereocenters. The van der Waals surface area contributed by atoms with E-state index in [1.165, 1.54) is 32.0 Å². The van der Waals surface area contributed by atoms with E-state index in [9.17, 15) is 18.8 Å².